The van der Waals surface area contributed by atoms with E-state index in [1.54, 1.807) is 30.3 Å². The Kier molecular flexibility index (Phi) is 4.01. The van der Waals surface area contributed by atoms with Crippen molar-refractivity contribution in [3.05, 3.63) is 46.1 Å². The van der Waals surface area contributed by atoms with Gasteiger partial charge in [0.1, 0.15) is 0 Å². The number of furan rings is 1. The Bertz CT molecular complexity index is 800. The van der Waals surface area contributed by atoms with Gasteiger partial charge in [-0.15, -0.1) is 5.10 Å². The molecular formula is C13H7Cl2N3O2S. The number of rotatable bonds is 4. The fraction of sp³-hybridized carbons (Fsp3) is 0. The summed E-state index contributed by atoms with van der Waals surface area (Å²) in [5, 5.41) is 8.90. The minimum Gasteiger partial charge on any atom is -0.447 e. The largest absolute Gasteiger partial charge is 0.447 e. The van der Waals surface area contributed by atoms with Crippen molar-refractivity contribution in [3.63, 3.8) is 0 Å². The summed E-state index contributed by atoms with van der Waals surface area (Å²) in [6, 6.07) is 8.38. The summed E-state index contributed by atoms with van der Waals surface area (Å²) in [4.78, 5) is 14.9. The molecule has 0 radical (unpaired) electrons. The topological polar surface area (TPSA) is 71.8 Å². The zero-order chi connectivity index (χ0) is 14.8. The molecule has 0 spiro atoms. The molecule has 0 aliphatic rings. The van der Waals surface area contributed by atoms with Crippen LogP contribution < -0.4 is 0 Å². The third-order valence-corrected chi connectivity index (χ3v) is 3.89. The highest BCUT2D eigenvalue weighted by atomic mass is 35.5. The maximum absolute atomic E-state index is 10.6. The number of halogens is 2. The van der Waals surface area contributed by atoms with Crippen LogP contribution in [-0.2, 0) is 0 Å². The first-order valence-corrected chi connectivity index (χ1v) is 7.33. The van der Waals surface area contributed by atoms with Crippen LogP contribution in [0.2, 0.25) is 10.0 Å². The van der Waals surface area contributed by atoms with Crippen LogP contribution in [0.3, 0.4) is 0 Å². The van der Waals surface area contributed by atoms with Gasteiger partial charge in [0.25, 0.3) is 0 Å². The van der Waals surface area contributed by atoms with E-state index in [-0.39, 0.29) is 5.76 Å². The molecule has 3 aromatic rings. The molecule has 1 N–H and O–H groups in total. The second-order valence-corrected chi connectivity index (χ2v) is 5.78. The van der Waals surface area contributed by atoms with Gasteiger partial charge < -0.3 is 4.42 Å². The molecule has 3 rings (SSSR count). The first-order chi connectivity index (χ1) is 10.2. The third-order valence-electron chi connectivity index (χ3n) is 2.56. The molecule has 1 aromatic carbocycles. The van der Waals surface area contributed by atoms with Crippen LogP contribution in [-0.4, -0.2) is 21.5 Å². The first-order valence-electron chi connectivity index (χ1n) is 5.76. The Hall–Kier alpha value is -1.76. The van der Waals surface area contributed by atoms with Crippen LogP contribution in [0.4, 0.5) is 0 Å². The van der Waals surface area contributed by atoms with Crippen LogP contribution in [0.5, 0.6) is 0 Å². The van der Waals surface area contributed by atoms with E-state index in [9.17, 15) is 4.79 Å². The van der Waals surface area contributed by atoms with Gasteiger partial charge in [-0.1, -0.05) is 23.2 Å². The molecule has 0 atom stereocenters. The number of carbonyl (C=O) groups excluding carboxylic acids is 1. The van der Waals surface area contributed by atoms with Crippen molar-refractivity contribution in [2.45, 2.75) is 10.2 Å². The molecule has 0 aliphatic carbocycles. The van der Waals surface area contributed by atoms with Crippen molar-refractivity contribution < 1.29 is 9.21 Å². The molecule has 0 fully saturated rings. The maximum Gasteiger partial charge on any atom is 0.216 e. The molecule has 106 valence electrons. The van der Waals surface area contributed by atoms with Crippen molar-refractivity contribution >= 4 is 41.2 Å². The van der Waals surface area contributed by atoms with Gasteiger partial charge in [0, 0.05) is 10.6 Å². The van der Waals surface area contributed by atoms with Crippen LogP contribution in [0.25, 0.3) is 11.4 Å². The van der Waals surface area contributed by atoms with Crippen molar-refractivity contribution in [2.24, 2.45) is 0 Å². The average Bonchev–Trinajstić information content (AvgIpc) is 3.08. The standard InChI is InChI=1S/C13H7Cl2N3O2S/c14-7-1-3-9(10(15)5-7)12-16-13(18-17-12)21-11-4-2-8(6-19)20-11/h1-6H,(H,16,17,18). The number of aromatic nitrogens is 3. The molecule has 2 aromatic heterocycles. The summed E-state index contributed by atoms with van der Waals surface area (Å²) in [5.74, 6) is 0.787. The van der Waals surface area contributed by atoms with E-state index in [0.717, 1.165) is 0 Å². The minimum atomic E-state index is 0.258. The van der Waals surface area contributed by atoms with Gasteiger partial charge in [0.15, 0.2) is 23.0 Å². The Morgan fingerprint density at radius 1 is 1.24 bits per heavy atom. The van der Waals surface area contributed by atoms with E-state index < -0.39 is 0 Å². The van der Waals surface area contributed by atoms with Gasteiger partial charge in [0.05, 0.1) is 5.02 Å². The van der Waals surface area contributed by atoms with Gasteiger partial charge in [-0.3, -0.25) is 9.89 Å². The van der Waals surface area contributed by atoms with E-state index in [4.69, 9.17) is 27.6 Å². The molecule has 0 saturated carbocycles. The summed E-state index contributed by atoms with van der Waals surface area (Å²) in [5.41, 5.74) is 0.702. The first kappa shape index (κ1) is 14.2. The summed E-state index contributed by atoms with van der Waals surface area (Å²) in [6.45, 7) is 0. The Labute approximate surface area is 133 Å². The summed E-state index contributed by atoms with van der Waals surface area (Å²) in [7, 11) is 0. The fourth-order valence-electron chi connectivity index (χ4n) is 1.64. The lowest BCUT2D eigenvalue weighted by Gasteiger charge is -1.99. The summed E-state index contributed by atoms with van der Waals surface area (Å²) < 4.78 is 5.25. The number of carbonyl (C=O) groups is 1. The normalized spacial score (nSPS) is 10.8. The third kappa shape index (κ3) is 3.12. The SMILES string of the molecule is O=Cc1ccc(Sc2n[nH]c(-c3ccc(Cl)cc3Cl)n2)o1. The Balaban J connectivity index is 1.84. The smallest absolute Gasteiger partial charge is 0.216 e. The molecule has 0 aliphatic heterocycles. The molecule has 0 unspecified atom stereocenters. The Morgan fingerprint density at radius 2 is 2.10 bits per heavy atom. The molecule has 2 heterocycles. The molecule has 0 saturated heterocycles. The predicted octanol–water partition coefficient (Wildman–Crippen LogP) is 4.34. The highest BCUT2D eigenvalue weighted by Gasteiger charge is 2.12. The zero-order valence-electron chi connectivity index (χ0n) is 10.3. The molecule has 0 amide bonds. The van der Waals surface area contributed by atoms with Crippen molar-refractivity contribution in [1.82, 2.24) is 15.2 Å². The minimum absolute atomic E-state index is 0.258. The second-order valence-electron chi connectivity index (χ2n) is 3.97. The van der Waals surface area contributed by atoms with Crippen molar-refractivity contribution in [3.8, 4) is 11.4 Å². The van der Waals surface area contributed by atoms with E-state index >= 15 is 0 Å². The van der Waals surface area contributed by atoms with Gasteiger partial charge in [0.2, 0.25) is 5.16 Å². The lowest BCUT2D eigenvalue weighted by molar-refractivity contribution is 0.109. The molecule has 21 heavy (non-hydrogen) atoms. The number of benzene rings is 1. The number of hydrogen-bond acceptors (Lipinski definition) is 5. The summed E-state index contributed by atoms with van der Waals surface area (Å²) >= 11 is 13.2. The van der Waals surface area contributed by atoms with E-state index in [1.807, 2.05) is 0 Å². The predicted molar refractivity (Wildman–Crippen MR) is 80.1 cm³/mol. The lowest BCUT2D eigenvalue weighted by Crippen LogP contribution is -1.82. The lowest BCUT2D eigenvalue weighted by atomic mass is 10.2. The number of nitrogens with one attached hydrogen (secondary N) is 1. The van der Waals surface area contributed by atoms with Gasteiger partial charge in [-0.25, -0.2) is 4.98 Å². The Morgan fingerprint density at radius 3 is 2.81 bits per heavy atom. The molecule has 5 nitrogen and oxygen atoms in total. The van der Waals surface area contributed by atoms with Gasteiger partial charge in [-0.05, 0) is 42.1 Å². The highest BCUT2D eigenvalue weighted by Crippen LogP contribution is 2.31. The van der Waals surface area contributed by atoms with E-state index in [2.05, 4.69) is 15.2 Å². The van der Waals surface area contributed by atoms with Crippen LogP contribution in [0.1, 0.15) is 10.6 Å². The average molecular weight is 340 g/mol. The van der Waals surface area contributed by atoms with Gasteiger partial charge >= 0.3 is 0 Å². The zero-order valence-corrected chi connectivity index (χ0v) is 12.7. The molecule has 8 heteroatoms. The monoisotopic (exact) mass is 339 g/mol. The molecule has 0 bridgehead atoms. The van der Waals surface area contributed by atoms with Crippen molar-refractivity contribution in [1.29, 1.82) is 0 Å². The number of H-pyrrole nitrogens is 1. The van der Waals surface area contributed by atoms with E-state index in [1.165, 1.54) is 11.8 Å². The quantitative estimate of drug-likeness (QED) is 0.716. The summed E-state index contributed by atoms with van der Waals surface area (Å²) in [6.07, 6.45) is 0.640. The number of nitrogens with zero attached hydrogens (tertiary/aromatic N) is 2. The number of hydrogen-bond donors (Lipinski definition) is 1. The number of aldehydes is 1. The fourth-order valence-corrected chi connectivity index (χ4v) is 2.82. The van der Waals surface area contributed by atoms with Crippen LogP contribution in [0.15, 0.2) is 45.0 Å². The van der Waals surface area contributed by atoms with Crippen LogP contribution in [0, 0.1) is 0 Å². The maximum atomic E-state index is 10.6. The number of aromatic amines is 1. The van der Waals surface area contributed by atoms with E-state index in [0.29, 0.717) is 38.0 Å². The molecular weight excluding hydrogens is 333 g/mol. The highest BCUT2D eigenvalue weighted by molar-refractivity contribution is 7.99. The van der Waals surface area contributed by atoms with Gasteiger partial charge in [-0.2, -0.15) is 0 Å². The van der Waals surface area contributed by atoms with Crippen molar-refractivity contribution in [2.75, 3.05) is 0 Å². The van der Waals surface area contributed by atoms with Crippen LogP contribution >= 0.6 is 35.0 Å². The second kappa shape index (κ2) is 5.93.